The highest BCUT2D eigenvalue weighted by atomic mass is 127. The zero-order chi connectivity index (χ0) is 31.8. The van der Waals surface area contributed by atoms with Crippen molar-refractivity contribution in [3.05, 3.63) is 30.1 Å². The van der Waals surface area contributed by atoms with Crippen molar-refractivity contribution < 1.29 is 28.6 Å². The van der Waals surface area contributed by atoms with E-state index in [-0.39, 0.29) is 61.9 Å². The zero-order valence-electron chi connectivity index (χ0n) is 28.2. The fourth-order valence-corrected chi connectivity index (χ4v) is 5.55. The molecule has 0 N–H and O–H groups in total. The van der Waals surface area contributed by atoms with Crippen LogP contribution in [-0.4, -0.2) is 71.9 Å². The van der Waals surface area contributed by atoms with Crippen molar-refractivity contribution >= 4 is 42.1 Å². The van der Waals surface area contributed by atoms with Crippen molar-refractivity contribution in [2.75, 3.05) is 32.9 Å². The summed E-state index contributed by atoms with van der Waals surface area (Å²) in [5.74, 6) is -0.368. The lowest BCUT2D eigenvalue weighted by molar-refractivity contribution is -0.128. The molecule has 1 aliphatic heterocycles. The van der Waals surface area contributed by atoms with Crippen molar-refractivity contribution in [1.29, 1.82) is 0 Å². The fraction of sp³-hybridized carbons (Fsp3) is 0.771. The van der Waals surface area contributed by atoms with Crippen LogP contribution in [0, 0.1) is 5.92 Å². The molecule has 0 aromatic carbocycles. The van der Waals surface area contributed by atoms with Crippen LogP contribution in [-0.2, 0) is 25.5 Å². The van der Waals surface area contributed by atoms with Crippen molar-refractivity contribution in [2.24, 2.45) is 5.92 Å². The van der Waals surface area contributed by atoms with Crippen LogP contribution >= 0.6 is 24.0 Å². The van der Waals surface area contributed by atoms with Crippen LogP contribution < -0.4 is 0 Å². The van der Waals surface area contributed by atoms with Crippen LogP contribution in [0.2, 0.25) is 0 Å². The second-order valence-electron chi connectivity index (χ2n) is 12.2. The summed E-state index contributed by atoms with van der Waals surface area (Å²) in [7, 11) is 0. The maximum absolute atomic E-state index is 12.6. The standard InChI is InChI=1S/C35H59N3O6.HI/c1-4-6-7-8-9-10-11-12-13-14-15-16-17-18-21-24-37(5-2)34(40)43-28-31-25-33(42-27-31)29-44-35(41)38(30(3)39)26-32-22-19-20-23-36-32;/h19-20,22-23,31,33H,4-18,21,24-29H2,1-3H3;1H/t31-,33+;/m1./s1. The van der Waals surface area contributed by atoms with E-state index in [0.717, 1.165) is 24.3 Å². The van der Waals surface area contributed by atoms with E-state index in [9.17, 15) is 14.4 Å². The average molecular weight is 746 g/mol. The summed E-state index contributed by atoms with van der Waals surface area (Å²) < 4.78 is 16.7. The van der Waals surface area contributed by atoms with Crippen LogP contribution in [0.4, 0.5) is 9.59 Å². The van der Waals surface area contributed by atoms with Crippen LogP contribution in [0.5, 0.6) is 0 Å². The lowest BCUT2D eigenvalue weighted by atomic mass is 10.0. The number of nitrogens with zero attached hydrogens (tertiary/aromatic N) is 3. The molecule has 1 aliphatic rings. The molecule has 45 heavy (non-hydrogen) atoms. The van der Waals surface area contributed by atoms with Gasteiger partial charge in [0.05, 0.1) is 31.6 Å². The predicted octanol–water partition coefficient (Wildman–Crippen LogP) is 8.92. The van der Waals surface area contributed by atoms with Crippen LogP contribution in [0.15, 0.2) is 24.4 Å². The monoisotopic (exact) mass is 745 g/mol. The number of hydrogen-bond donors (Lipinski definition) is 0. The minimum Gasteiger partial charge on any atom is -0.449 e. The van der Waals surface area contributed by atoms with Gasteiger partial charge in [0.15, 0.2) is 0 Å². The Balaban J connectivity index is 0.0000101. The highest BCUT2D eigenvalue weighted by Crippen LogP contribution is 2.21. The summed E-state index contributed by atoms with van der Waals surface area (Å²) in [4.78, 5) is 44.1. The fourth-order valence-electron chi connectivity index (χ4n) is 5.55. The van der Waals surface area contributed by atoms with Gasteiger partial charge in [-0.25, -0.2) is 14.5 Å². The van der Waals surface area contributed by atoms with Crippen molar-refractivity contribution in [3.8, 4) is 0 Å². The highest BCUT2D eigenvalue weighted by Gasteiger charge is 2.29. The number of amides is 3. The van der Waals surface area contributed by atoms with Gasteiger partial charge in [-0.05, 0) is 31.9 Å². The first kappa shape index (κ1) is 41.1. The van der Waals surface area contributed by atoms with E-state index in [1.807, 2.05) is 6.92 Å². The van der Waals surface area contributed by atoms with E-state index in [1.54, 1.807) is 29.3 Å². The topological polar surface area (TPSA) is 98.3 Å². The zero-order valence-corrected chi connectivity index (χ0v) is 30.6. The van der Waals surface area contributed by atoms with Crippen LogP contribution in [0.3, 0.4) is 0 Å². The molecule has 2 heterocycles. The molecule has 3 amide bonds. The van der Waals surface area contributed by atoms with E-state index < -0.39 is 12.0 Å². The SMILES string of the molecule is CCCCCCCCCCCCCCCCCN(CC)C(=O)OC[C@H]1CO[C@H](COC(=O)N(Cc2ccccn2)C(C)=O)C1.I. The second kappa shape index (κ2) is 26.2. The maximum atomic E-state index is 12.6. The van der Waals surface area contributed by atoms with Gasteiger partial charge >= 0.3 is 12.2 Å². The molecule has 2 atom stereocenters. The normalized spacial score (nSPS) is 15.7. The molecular formula is C35H60IN3O6. The first-order chi connectivity index (χ1) is 21.4. The molecule has 1 aromatic heterocycles. The predicted molar refractivity (Wildman–Crippen MR) is 189 cm³/mol. The van der Waals surface area contributed by atoms with Gasteiger partial charge in [0, 0.05) is 32.1 Å². The average Bonchev–Trinajstić information content (AvgIpc) is 3.49. The third kappa shape index (κ3) is 18.7. The molecule has 10 heteroatoms. The van der Waals surface area contributed by atoms with E-state index >= 15 is 0 Å². The molecule has 0 bridgehead atoms. The summed E-state index contributed by atoms with van der Waals surface area (Å²) in [6, 6.07) is 5.31. The number of unbranched alkanes of at least 4 members (excludes halogenated alkanes) is 14. The first-order valence-corrected chi connectivity index (χ1v) is 17.3. The maximum Gasteiger partial charge on any atom is 0.416 e. The minimum atomic E-state index is -0.723. The number of imide groups is 1. The largest absolute Gasteiger partial charge is 0.449 e. The quantitative estimate of drug-likeness (QED) is 0.0815. The summed E-state index contributed by atoms with van der Waals surface area (Å²) in [6.07, 6.45) is 20.7. The van der Waals surface area contributed by atoms with Gasteiger partial charge in [0.25, 0.3) is 0 Å². The third-order valence-electron chi connectivity index (χ3n) is 8.32. The molecule has 0 spiro atoms. The molecule has 0 saturated carbocycles. The molecule has 1 saturated heterocycles. The number of hydrogen-bond acceptors (Lipinski definition) is 7. The van der Waals surface area contributed by atoms with Gasteiger partial charge in [0.1, 0.15) is 6.61 Å². The molecule has 2 rings (SSSR count). The number of rotatable bonds is 23. The Bertz CT molecular complexity index is 922. The van der Waals surface area contributed by atoms with Crippen molar-refractivity contribution in [1.82, 2.24) is 14.8 Å². The van der Waals surface area contributed by atoms with Gasteiger partial charge in [-0.2, -0.15) is 0 Å². The number of ether oxygens (including phenoxy) is 3. The van der Waals surface area contributed by atoms with Crippen LogP contribution in [0.25, 0.3) is 0 Å². The molecule has 0 radical (unpaired) electrons. The molecule has 0 aliphatic carbocycles. The summed E-state index contributed by atoms with van der Waals surface area (Å²) >= 11 is 0. The van der Waals surface area contributed by atoms with Gasteiger partial charge in [-0.1, -0.05) is 103 Å². The van der Waals surface area contributed by atoms with E-state index in [2.05, 4.69) is 11.9 Å². The smallest absolute Gasteiger partial charge is 0.416 e. The Morgan fingerprint density at radius 2 is 1.40 bits per heavy atom. The van der Waals surface area contributed by atoms with Crippen LogP contribution in [0.1, 0.15) is 129 Å². The first-order valence-electron chi connectivity index (χ1n) is 17.3. The Kier molecular flexibility index (Phi) is 23.9. The highest BCUT2D eigenvalue weighted by molar-refractivity contribution is 14.0. The van der Waals surface area contributed by atoms with Crippen molar-refractivity contribution in [3.63, 3.8) is 0 Å². The van der Waals surface area contributed by atoms with Gasteiger partial charge in [-0.3, -0.25) is 9.78 Å². The van der Waals surface area contributed by atoms with Gasteiger partial charge < -0.3 is 19.1 Å². The minimum absolute atomic E-state index is 0. The Hall–Kier alpha value is -1.95. The summed E-state index contributed by atoms with van der Waals surface area (Å²) in [5, 5.41) is 0. The number of aromatic nitrogens is 1. The third-order valence-corrected chi connectivity index (χ3v) is 8.32. The van der Waals surface area contributed by atoms with E-state index in [0.29, 0.717) is 25.3 Å². The molecular weight excluding hydrogens is 685 g/mol. The second-order valence-corrected chi connectivity index (χ2v) is 12.2. The van der Waals surface area contributed by atoms with Crippen molar-refractivity contribution in [2.45, 2.75) is 136 Å². The van der Waals surface area contributed by atoms with Gasteiger partial charge in [-0.15, -0.1) is 24.0 Å². The number of halogens is 1. The molecule has 258 valence electrons. The Morgan fingerprint density at radius 1 is 0.822 bits per heavy atom. The van der Waals surface area contributed by atoms with Gasteiger partial charge in [0.2, 0.25) is 5.91 Å². The Morgan fingerprint density at radius 3 is 1.93 bits per heavy atom. The molecule has 1 aromatic rings. The van der Waals surface area contributed by atoms with E-state index in [4.69, 9.17) is 14.2 Å². The Labute approximate surface area is 289 Å². The number of pyridine rings is 1. The molecule has 0 unspecified atom stereocenters. The lowest BCUT2D eigenvalue weighted by Crippen LogP contribution is -2.36. The summed E-state index contributed by atoms with van der Waals surface area (Å²) in [6.45, 7) is 7.71. The molecule has 9 nitrogen and oxygen atoms in total. The summed E-state index contributed by atoms with van der Waals surface area (Å²) in [5.41, 5.74) is 0.597. The molecule has 1 fully saturated rings. The number of carbonyl (C=O) groups excluding carboxylic acids is 3. The lowest BCUT2D eigenvalue weighted by Gasteiger charge is -2.21. The van der Waals surface area contributed by atoms with E-state index in [1.165, 1.54) is 90.4 Å². The number of carbonyl (C=O) groups is 3.